The van der Waals surface area contributed by atoms with Crippen LogP contribution in [0.5, 0.6) is 0 Å². The van der Waals surface area contributed by atoms with Gasteiger partial charge < -0.3 is 0 Å². The van der Waals surface area contributed by atoms with Crippen LogP contribution in [0.25, 0.3) is 0 Å². The molecule has 1 heteroatoms. The molecule has 0 radical (unpaired) electrons. The van der Waals surface area contributed by atoms with Crippen molar-refractivity contribution in [2.24, 2.45) is 11.3 Å². The molecule has 0 amide bonds. The van der Waals surface area contributed by atoms with Crippen molar-refractivity contribution in [3.63, 3.8) is 0 Å². The zero-order valence-electron chi connectivity index (χ0n) is 7.70. The first-order chi connectivity index (χ1) is 5.25. The average molecular weight is 219 g/mol. The highest BCUT2D eigenvalue weighted by Crippen LogP contribution is 2.49. The molecule has 1 atom stereocenters. The zero-order chi connectivity index (χ0) is 8.32. The van der Waals surface area contributed by atoms with Crippen LogP contribution in [-0.2, 0) is 0 Å². The van der Waals surface area contributed by atoms with E-state index >= 15 is 0 Å². The van der Waals surface area contributed by atoms with Gasteiger partial charge in [-0.3, -0.25) is 0 Å². The normalized spacial score (nSPS) is 24.3. The Kier molecular flexibility index (Phi) is 3.42. The van der Waals surface area contributed by atoms with Gasteiger partial charge >= 0.3 is 0 Å². The second kappa shape index (κ2) is 3.93. The van der Waals surface area contributed by atoms with E-state index in [1.54, 1.807) is 0 Å². The Morgan fingerprint density at radius 3 is 2.36 bits per heavy atom. The van der Waals surface area contributed by atoms with Crippen molar-refractivity contribution in [3.05, 3.63) is 0 Å². The van der Waals surface area contributed by atoms with Gasteiger partial charge in [0.1, 0.15) is 0 Å². The van der Waals surface area contributed by atoms with E-state index in [1.807, 2.05) is 0 Å². The molecule has 0 bridgehead atoms. The highest BCUT2D eigenvalue weighted by molar-refractivity contribution is 9.09. The summed E-state index contributed by atoms with van der Waals surface area (Å²) in [6.07, 6.45) is 7.13. The first kappa shape index (κ1) is 9.57. The first-order valence-corrected chi connectivity index (χ1v) is 5.93. The Morgan fingerprint density at radius 2 is 2.09 bits per heavy atom. The minimum atomic E-state index is 0.690. The van der Waals surface area contributed by atoms with Gasteiger partial charge in [0, 0.05) is 5.33 Å². The van der Waals surface area contributed by atoms with E-state index in [9.17, 15) is 0 Å². The number of hydrogen-bond donors (Lipinski definition) is 0. The van der Waals surface area contributed by atoms with E-state index in [-0.39, 0.29) is 0 Å². The summed E-state index contributed by atoms with van der Waals surface area (Å²) in [6, 6.07) is 0. The summed E-state index contributed by atoms with van der Waals surface area (Å²) in [5, 5.41) is 1.22. The van der Waals surface area contributed by atoms with E-state index < -0.39 is 0 Å². The summed E-state index contributed by atoms with van der Waals surface area (Å²) < 4.78 is 0. The Balaban J connectivity index is 2.40. The Bertz CT molecular complexity index is 111. The lowest BCUT2D eigenvalue weighted by Crippen LogP contribution is -2.37. The lowest BCUT2D eigenvalue weighted by atomic mass is 9.62. The quantitative estimate of drug-likeness (QED) is 0.627. The number of halogens is 1. The van der Waals surface area contributed by atoms with Gasteiger partial charge in [-0.2, -0.15) is 0 Å². The number of alkyl halides is 1. The van der Waals surface area contributed by atoms with Crippen LogP contribution in [0.4, 0.5) is 0 Å². The molecule has 1 saturated carbocycles. The van der Waals surface area contributed by atoms with E-state index in [0.717, 1.165) is 5.92 Å². The fourth-order valence-corrected chi connectivity index (χ4v) is 3.24. The standard InChI is InChI=1S/C10H19Br/c1-3-5-9(2)10(8-11)6-4-7-10/h9H,3-8H2,1-2H3. The van der Waals surface area contributed by atoms with Crippen molar-refractivity contribution in [2.75, 3.05) is 5.33 Å². The smallest absolute Gasteiger partial charge is 0.00905 e. The van der Waals surface area contributed by atoms with Gasteiger partial charge in [0.05, 0.1) is 0 Å². The fourth-order valence-electron chi connectivity index (χ4n) is 2.13. The van der Waals surface area contributed by atoms with Crippen LogP contribution in [0.15, 0.2) is 0 Å². The molecule has 1 aliphatic carbocycles. The second-order valence-electron chi connectivity index (χ2n) is 4.04. The van der Waals surface area contributed by atoms with Crippen molar-refractivity contribution in [3.8, 4) is 0 Å². The first-order valence-electron chi connectivity index (χ1n) is 4.81. The fraction of sp³-hybridized carbons (Fsp3) is 1.00. The summed E-state index contributed by atoms with van der Waals surface area (Å²) in [5.41, 5.74) is 0.690. The van der Waals surface area contributed by atoms with Gasteiger partial charge in [-0.15, -0.1) is 0 Å². The topological polar surface area (TPSA) is 0 Å². The minimum absolute atomic E-state index is 0.690. The molecule has 0 spiro atoms. The van der Waals surface area contributed by atoms with Gasteiger partial charge in [0.15, 0.2) is 0 Å². The highest BCUT2D eigenvalue weighted by atomic mass is 79.9. The van der Waals surface area contributed by atoms with Crippen LogP contribution in [-0.4, -0.2) is 5.33 Å². The maximum absolute atomic E-state index is 3.65. The Labute approximate surface area is 78.9 Å². The maximum atomic E-state index is 3.65. The molecule has 1 rings (SSSR count). The molecule has 0 saturated heterocycles. The van der Waals surface area contributed by atoms with Gasteiger partial charge in [0.2, 0.25) is 0 Å². The Morgan fingerprint density at radius 1 is 1.45 bits per heavy atom. The van der Waals surface area contributed by atoms with E-state index in [4.69, 9.17) is 0 Å². The van der Waals surface area contributed by atoms with Crippen LogP contribution < -0.4 is 0 Å². The van der Waals surface area contributed by atoms with Crippen molar-refractivity contribution in [1.29, 1.82) is 0 Å². The van der Waals surface area contributed by atoms with E-state index in [1.165, 1.54) is 37.4 Å². The molecule has 0 aliphatic heterocycles. The number of rotatable bonds is 4. The summed E-state index contributed by atoms with van der Waals surface area (Å²) in [6.45, 7) is 4.71. The summed E-state index contributed by atoms with van der Waals surface area (Å²) in [4.78, 5) is 0. The lowest BCUT2D eigenvalue weighted by Gasteiger charge is -2.45. The Hall–Kier alpha value is 0.480. The maximum Gasteiger partial charge on any atom is 0.00905 e. The predicted molar refractivity (Wildman–Crippen MR) is 54.2 cm³/mol. The van der Waals surface area contributed by atoms with Gasteiger partial charge in [-0.1, -0.05) is 49.0 Å². The van der Waals surface area contributed by atoms with E-state index in [0.29, 0.717) is 5.41 Å². The largest absolute Gasteiger partial charge is 0.0922 e. The summed E-state index contributed by atoms with van der Waals surface area (Å²) >= 11 is 3.65. The van der Waals surface area contributed by atoms with Crippen molar-refractivity contribution in [1.82, 2.24) is 0 Å². The van der Waals surface area contributed by atoms with Gasteiger partial charge in [-0.25, -0.2) is 0 Å². The second-order valence-corrected chi connectivity index (χ2v) is 4.60. The van der Waals surface area contributed by atoms with Crippen molar-refractivity contribution >= 4 is 15.9 Å². The average Bonchev–Trinajstić information content (AvgIpc) is 1.87. The van der Waals surface area contributed by atoms with Crippen LogP contribution >= 0.6 is 15.9 Å². The molecule has 1 unspecified atom stereocenters. The van der Waals surface area contributed by atoms with E-state index in [2.05, 4.69) is 29.8 Å². The molecule has 11 heavy (non-hydrogen) atoms. The third-order valence-electron chi connectivity index (χ3n) is 3.38. The molecular weight excluding hydrogens is 200 g/mol. The molecule has 0 heterocycles. The predicted octanol–water partition coefficient (Wildman–Crippen LogP) is 3.99. The summed E-state index contributed by atoms with van der Waals surface area (Å²) in [5.74, 6) is 0.931. The summed E-state index contributed by atoms with van der Waals surface area (Å²) in [7, 11) is 0. The third-order valence-corrected chi connectivity index (χ3v) is 4.50. The van der Waals surface area contributed by atoms with Crippen LogP contribution in [0.3, 0.4) is 0 Å². The third kappa shape index (κ3) is 1.80. The molecule has 0 N–H and O–H groups in total. The monoisotopic (exact) mass is 218 g/mol. The zero-order valence-corrected chi connectivity index (χ0v) is 9.28. The van der Waals surface area contributed by atoms with Crippen LogP contribution in [0.2, 0.25) is 0 Å². The highest BCUT2D eigenvalue weighted by Gasteiger charge is 2.39. The molecule has 0 aromatic heterocycles. The molecular formula is C10H19Br. The SMILES string of the molecule is CCCC(C)C1(CBr)CCC1. The van der Waals surface area contributed by atoms with Crippen LogP contribution in [0.1, 0.15) is 46.0 Å². The van der Waals surface area contributed by atoms with Gasteiger partial charge in [-0.05, 0) is 24.2 Å². The van der Waals surface area contributed by atoms with Crippen molar-refractivity contribution in [2.45, 2.75) is 46.0 Å². The van der Waals surface area contributed by atoms with Gasteiger partial charge in [0.25, 0.3) is 0 Å². The van der Waals surface area contributed by atoms with Crippen molar-refractivity contribution < 1.29 is 0 Å². The molecule has 0 nitrogen and oxygen atoms in total. The molecule has 66 valence electrons. The molecule has 1 fully saturated rings. The molecule has 0 aromatic carbocycles. The molecule has 0 aromatic rings. The molecule has 1 aliphatic rings. The number of hydrogen-bond acceptors (Lipinski definition) is 0. The lowest BCUT2D eigenvalue weighted by molar-refractivity contribution is 0.0837. The van der Waals surface area contributed by atoms with Crippen LogP contribution in [0, 0.1) is 11.3 Å². The minimum Gasteiger partial charge on any atom is -0.0922 e.